The highest BCUT2D eigenvalue weighted by Gasteiger charge is 2.12. The van der Waals surface area contributed by atoms with Crippen molar-refractivity contribution in [1.82, 2.24) is 4.98 Å². The van der Waals surface area contributed by atoms with Gasteiger partial charge in [0.05, 0.1) is 15.6 Å². The summed E-state index contributed by atoms with van der Waals surface area (Å²) in [7, 11) is 0. The molecule has 0 aliphatic carbocycles. The summed E-state index contributed by atoms with van der Waals surface area (Å²) in [5.74, 6) is 0.0988. The Hall–Kier alpha value is -1.39. The Balaban J connectivity index is 2.27. The molecule has 3 nitrogen and oxygen atoms in total. The van der Waals surface area contributed by atoms with E-state index in [4.69, 9.17) is 22.7 Å². The van der Waals surface area contributed by atoms with Crippen molar-refractivity contribution >= 4 is 28.8 Å². The van der Waals surface area contributed by atoms with E-state index in [1.165, 1.54) is 11.3 Å². The Bertz CT molecular complexity index is 577. The highest BCUT2D eigenvalue weighted by molar-refractivity contribution is 7.13. The smallest absolute Gasteiger partial charge is 0.135 e. The van der Waals surface area contributed by atoms with E-state index >= 15 is 0 Å². The van der Waals surface area contributed by atoms with E-state index in [1.807, 2.05) is 31.2 Å². The lowest BCUT2D eigenvalue weighted by Crippen LogP contribution is -2.11. The molecule has 2 rings (SSSR count). The lowest BCUT2D eigenvalue weighted by atomic mass is 10.2. The lowest BCUT2D eigenvalue weighted by molar-refractivity contribution is 1.01. The minimum absolute atomic E-state index is 0.0988. The molecule has 94 valence electrons. The summed E-state index contributed by atoms with van der Waals surface area (Å²) in [5.41, 5.74) is 7.58. The fourth-order valence-electron chi connectivity index (χ4n) is 1.75. The van der Waals surface area contributed by atoms with Gasteiger partial charge in [-0.05, 0) is 24.1 Å². The van der Waals surface area contributed by atoms with Gasteiger partial charge in [0.15, 0.2) is 0 Å². The molecular formula is C13H14ClN3S. The number of hydrogen-bond donors (Lipinski definition) is 2. The monoisotopic (exact) mass is 279 g/mol. The van der Waals surface area contributed by atoms with E-state index in [-0.39, 0.29) is 5.84 Å². The molecule has 1 aromatic heterocycles. The van der Waals surface area contributed by atoms with Gasteiger partial charge in [0.1, 0.15) is 5.84 Å². The van der Waals surface area contributed by atoms with Crippen molar-refractivity contribution in [3.8, 4) is 0 Å². The molecule has 0 aliphatic rings. The summed E-state index contributed by atoms with van der Waals surface area (Å²) in [4.78, 5) is 5.32. The number of nitrogens with zero attached hydrogens (tertiary/aromatic N) is 1. The molecular weight excluding hydrogens is 266 g/mol. The highest BCUT2D eigenvalue weighted by Crippen LogP contribution is 2.22. The van der Waals surface area contributed by atoms with Crippen LogP contribution in [0.3, 0.4) is 0 Å². The number of aryl methyl sites for hydroxylation is 1. The maximum atomic E-state index is 7.53. The van der Waals surface area contributed by atoms with E-state index in [0.717, 1.165) is 39.0 Å². The zero-order valence-corrected chi connectivity index (χ0v) is 11.6. The third-order valence-electron chi connectivity index (χ3n) is 2.57. The van der Waals surface area contributed by atoms with E-state index in [0.29, 0.717) is 0 Å². The minimum atomic E-state index is 0.0988. The quantitative estimate of drug-likeness (QED) is 0.667. The summed E-state index contributed by atoms with van der Waals surface area (Å²) in [6.45, 7) is 2.02. The lowest BCUT2D eigenvalue weighted by Gasteiger charge is -1.98. The first kappa shape index (κ1) is 13.1. The second-order valence-corrected chi connectivity index (χ2v) is 5.48. The Morgan fingerprint density at radius 3 is 2.83 bits per heavy atom. The Labute approximate surface area is 115 Å². The van der Waals surface area contributed by atoms with Gasteiger partial charge in [0.2, 0.25) is 0 Å². The van der Waals surface area contributed by atoms with Crippen LogP contribution >= 0.6 is 22.9 Å². The van der Waals surface area contributed by atoms with Crippen molar-refractivity contribution in [2.24, 2.45) is 5.73 Å². The number of nitrogens with one attached hydrogen (secondary N) is 1. The molecule has 2 aromatic rings. The number of hydrogen-bond acceptors (Lipinski definition) is 3. The summed E-state index contributed by atoms with van der Waals surface area (Å²) in [6.07, 6.45) is 1.52. The van der Waals surface area contributed by atoms with Crippen LogP contribution in [-0.4, -0.2) is 10.8 Å². The van der Waals surface area contributed by atoms with Gasteiger partial charge < -0.3 is 5.73 Å². The van der Waals surface area contributed by atoms with E-state index in [2.05, 4.69) is 4.98 Å². The molecule has 0 amide bonds. The van der Waals surface area contributed by atoms with Crippen LogP contribution in [0.4, 0.5) is 0 Å². The van der Waals surface area contributed by atoms with Gasteiger partial charge in [0, 0.05) is 11.4 Å². The van der Waals surface area contributed by atoms with E-state index in [1.54, 1.807) is 0 Å². The molecule has 0 spiro atoms. The largest absolute Gasteiger partial charge is 0.383 e. The van der Waals surface area contributed by atoms with Crippen molar-refractivity contribution in [3.63, 3.8) is 0 Å². The van der Waals surface area contributed by atoms with Crippen molar-refractivity contribution in [2.45, 2.75) is 19.8 Å². The van der Waals surface area contributed by atoms with Crippen LogP contribution in [0.5, 0.6) is 0 Å². The van der Waals surface area contributed by atoms with Crippen molar-refractivity contribution in [2.75, 3.05) is 0 Å². The van der Waals surface area contributed by atoms with Crippen LogP contribution in [0, 0.1) is 5.41 Å². The first-order valence-electron chi connectivity index (χ1n) is 5.67. The zero-order valence-electron chi connectivity index (χ0n) is 10.0. The van der Waals surface area contributed by atoms with E-state index in [9.17, 15) is 0 Å². The van der Waals surface area contributed by atoms with Gasteiger partial charge >= 0.3 is 0 Å². The Kier molecular flexibility index (Phi) is 3.99. The third-order valence-corrected chi connectivity index (χ3v) is 3.93. The minimum Gasteiger partial charge on any atom is -0.383 e. The van der Waals surface area contributed by atoms with Crippen LogP contribution in [0.15, 0.2) is 24.3 Å². The van der Waals surface area contributed by atoms with Gasteiger partial charge in [0.25, 0.3) is 0 Å². The number of nitrogens with two attached hydrogens (primary N) is 1. The van der Waals surface area contributed by atoms with Crippen molar-refractivity contribution < 1.29 is 0 Å². The van der Waals surface area contributed by atoms with Gasteiger partial charge in [-0.1, -0.05) is 30.7 Å². The summed E-state index contributed by atoms with van der Waals surface area (Å²) >= 11 is 7.44. The van der Waals surface area contributed by atoms with Gasteiger partial charge in [-0.3, -0.25) is 5.41 Å². The molecule has 3 N–H and O–H groups in total. The summed E-state index contributed by atoms with van der Waals surface area (Å²) in [6, 6.07) is 7.73. The average Bonchev–Trinajstić information content (AvgIpc) is 2.72. The fourth-order valence-corrected chi connectivity index (χ4v) is 3.01. The first-order chi connectivity index (χ1) is 8.60. The number of halogens is 1. The molecule has 0 unspecified atom stereocenters. The third kappa shape index (κ3) is 2.89. The molecule has 18 heavy (non-hydrogen) atoms. The summed E-state index contributed by atoms with van der Waals surface area (Å²) in [5, 5.41) is 9.23. The molecule has 0 aliphatic heterocycles. The van der Waals surface area contributed by atoms with Crippen LogP contribution in [0.2, 0.25) is 5.02 Å². The molecule has 0 fully saturated rings. The molecule has 0 saturated carbocycles. The molecule has 1 heterocycles. The Morgan fingerprint density at radius 1 is 1.50 bits per heavy atom. The number of amidine groups is 1. The van der Waals surface area contributed by atoms with Crippen LogP contribution < -0.4 is 5.73 Å². The van der Waals surface area contributed by atoms with Crippen LogP contribution in [0.25, 0.3) is 0 Å². The maximum Gasteiger partial charge on any atom is 0.135 e. The average molecular weight is 280 g/mol. The number of rotatable bonds is 4. The molecule has 0 atom stereocenters. The van der Waals surface area contributed by atoms with Crippen molar-refractivity contribution in [1.29, 1.82) is 5.41 Å². The number of benzene rings is 1. The molecule has 0 radical (unpaired) electrons. The van der Waals surface area contributed by atoms with Crippen molar-refractivity contribution in [3.05, 3.63) is 50.4 Å². The zero-order chi connectivity index (χ0) is 13.1. The second-order valence-electron chi connectivity index (χ2n) is 3.96. The predicted octanol–water partition coefficient (Wildman–Crippen LogP) is 3.23. The van der Waals surface area contributed by atoms with E-state index < -0.39 is 0 Å². The van der Waals surface area contributed by atoms with Crippen LogP contribution in [0.1, 0.15) is 28.1 Å². The topological polar surface area (TPSA) is 62.8 Å². The van der Waals surface area contributed by atoms with Gasteiger partial charge in [-0.2, -0.15) is 0 Å². The number of aromatic nitrogens is 1. The Morgan fingerprint density at radius 2 is 2.28 bits per heavy atom. The molecule has 1 aromatic carbocycles. The normalized spacial score (nSPS) is 10.6. The highest BCUT2D eigenvalue weighted by atomic mass is 35.5. The van der Waals surface area contributed by atoms with Gasteiger partial charge in [-0.15, -0.1) is 11.3 Å². The molecule has 0 bridgehead atoms. The number of nitrogen functional groups attached to an aromatic ring is 1. The first-order valence-corrected chi connectivity index (χ1v) is 6.87. The SMILES string of the molecule is CCc1nc(Cc2cccc(Cl)c2)sc1C(=N)N. The standard InChI is InChI=1S/C13H14ClN3S/c1-2-10-12(13(15)16)18-11(17-10)7-8-4-3-5-9(14)6-8/h3-6H,2,7H2,1H3,(H3,15,16). The van der Waals surface area contributed by atoms with Crippen LogP contribution in [-0.2, 0) is 12.8 Å². The number of thiazole rings is 1. The summed E-state index contributed by atoms with van der Waals surface area (Å²) < 4.78 is 0. The molecule has 5 heteroatoms. The fraction of sp³-hybridized carbons (Fsp3) is 0.231. The second kappa shape index (κ2) is 5.50. The predicted molar refractivity (Wildman–Crippen MR) is 76.8 cm³/mol. The molecule has 0 saturated heterocycles. The van der Waals surface area contributed by atoms with Gasteiger partial charge in [-0.25, -0.2) is 4.98 Å². The maximum absolute atomic E-state index is 7.53.